The number of thiophene rings is 1. The van der Waals surface area contributed by atoms with E-state index in [1.807, 2.05) is 13.0 Å². The number of amides is 1. The number of aryl methyl sites for hydroxylation is 2. The van der Waals surface area contributed by atoms with Crippen molar-refractivity contribution in [1.82, 2.24) is 0 Å². The third-order valence-electron chi connectivity index (χ3n) is 3.11. The van der Waals surface area contributed by atoms with Crippen molar-refractivity contribution in [2.24, 2.45) is 0 Å². The van der Waals surface area contributed by atoms with Crippen LogP contribution in [0.1, 0.15) is 32.6 Å². The number of carboxylic acids is 1. The van der Waals surface area contributed by atoms with Crippen LogP contribution in [0.2, 0.25) is 0 Å². The smallest absolute Gasteiger partial charge is 0.307 e. The Labute approximate surface area is 127 Å². The van der Waals surface area contributed by atoms with E-state index in [1.54, 1.807) is 24.3 Å². The number of carboxylic acid groups (broad SMARTS) is 1. The maximum atomic E-state index is 12.2. The zero-order valence-electron chi connectivity index (χ0n) is 12.0. The first-order valence-corrected chi connectivity index (χ1v) is 7.52. The zero-order chi connectivity index (χ0) is 15.4. The molecule has 0 bridgehead atoms. The summed E-state index contributed by atoms with van der Waals surface area (Å²) in [4.78, 5) is 24.8. The van der Waals surface area contributed by atoms with Gasteiger partial charge in [-0.25, -0.2) is 0 Å². The molecule has 0 aliphatic rings. The van der Waals surface area contributed by atoms with Crippen LogP contribution < -0.4 is 5.32 Å². The number of benzene rings is 1. The maximum absolute atomic E-state index is 12.2. The van der Waals surface area contributed by atoms with E-state index in [1.165, 1.54) is 16.2 Å². The number of nitrogens with one attached hydrogen (secondary N) is 1. The Hall–Kier alpha value is -2.14. The molecule has 110 valence electrons. The molecule has 2 N–H and O–H groups in total. The van der Waals surface area contributed by atoms with Gasteiger partial charge >= 0.3 is 5.97 Å². The SMILES string of the molecule is CCc1sc(C(=O)Nc2cccc(CC(=O)O)c2)cc1C. The minimum absolute atomic E-state index is 0.0538. The van der Waals surface area contributed by atoms with Crippen molar-refractivity contribution in [3.63, 3.8) is 0 Å². The summed E-state index contributed by atoms with van der Waals surface area (Å²) >= 11 is 1.50. The van der Waals surface area contributed by atoms with Gasteiger partial charge in [-0.05, 0) is 42.7 Å². The van der Waals surface area contributed by atoms with Gasteiger partial charge in [-0.2, -0.15) is 0 Å². The fourth-order valence-corrected chi connectivity index (χ4v) is 3.12. The fraction of sp³-hybridized carbons (Fsp3) is 0.250. The van der Waals surface area contributed by atoms with E-state index in [-0.39, 0.29) is 12.3 Å². The van der Waals surface area contributed by atoms with Gasteiger partial charge in [-0.1, -0.05) is 19.1 Å². The summed E-state index contributed by atoms with van der Waals surface area (Å²) in [6, 6.07) is 8.80. The van der Waals surface area contributed by atoms with E-state index >= 15 is 0 Å². The standard InChI is InChI=1S/C16H17NO3S/c1-3-13-10(2)7-14(21-13)16(20)17-12-6-4-5-11(8-12)9-15(18)19/h4-8H,3,9H2,1-2H3,(H,17,20)(H,18,19). The predicted octanol–water partition coefficient (Wildman–Crippen LogP) is 3.50. The Balaban J connectivity index is 2.13. The van der Waals surface area contributed by atoms with E-state index in [4.69, 9.17) is 5.11 Å². The van der Waals surface area contributed by atoms with Crippen LogP contribution in [0.15, 0.2) is 30.3 Å². The van der Waals surface area contributed by atoms with Crippen LogP contribution >= 0.6 is 11.3 Å². The lowest BCUT2D eigenvalue weighted by molar-refractivity contribution is -0.136. The molecule has 0 saturated carbocycles. The second-order valence-corrected chi connectivity index (χ2v) is 5.93. The number of anilines is 1. The Morgan fingerprint density at radius 1 is 1.29 bits per heavy atom. The average Bonchev–Trinajstić information content (AvgIpc) is 2.79. The van der Waals surface area contributed by atoms with Crippen molar-refractivity contribution in [1.29, 1.82) is 0 Å². The highest BCUT2D eigenvalue weighted by atomic mass is 32.1. The summed E-state index contributed by atoms with van der Waals surface area (Å²) < 4.78 is 0. The molecule has 0 spiro atoms. The summed E-state index contributed by atoms with van der Waals surface area (Å²) in [5.74, 6) is -1.05. The van der Waals surface area contributed by atoms with E-state index in [2.05, 4.69) is 12.2 Å². The molecule has 1 amide bonds. The molecule has 0 aliphatic heterocycles. The third-order valence-corrected chi connectivity index (χ3v) is 4.49. The largest absolute Gasteiger partial charge is 0.481 e. The fourth-order valence-electron chi connectivity index (χ4n) is 2.11. The Bertz CT molecular complexity index is 676. The van der Waals surface area contributed by atoms with E-state index in [9.17, 15) is 9.59 Å². The van der Waals surface area contributed by atoms with Crippen molar-refractivity contribution in [3.05, 3.63) is 51.2 Å². The topological polar surface area (TPSA) is 66.4 Å². The van der Waals surface area contributed by atoms with Gasteiger partial charge in [0.05, 0.1) is 11.3 Å². The van der Waals surface area contributed by atoms with Crippen LogP contribution in [0.3, 0.4) is 0 Å². The van der Waals surface area contributed by atoms with E-state index in [0.29, 0.717) is 16.1 Å². The first kappa shape index (κ1) is 15.3. The van der Waals surface area contributed by atoms with Gasteiger partial charge in [0.2, 0.25) is 0 Å². The minimum Gasteiger partial charge on any atom is -0.481 e. The summed E-state index contributed by atoms with van der Waals surface area (Å²) in [5, 5.41) is 11.6. The molecule has 0 unspecified atom stereocenters. The van der Waals surface area contributed by atoms with Gasteiger partial charge in [0.15, 0.2) is 0 Å². The van der Waals surface area contributed by atoms with Crippen LogP contribution in [0.25, 0.3) is 0 Å². The number of carbonyl (C=O) groups is 2. The number of hydrogen-bond donors (Lipinski definition) is 2. The van der Waals surface area contributed by atoms with Gasteiger partial charge < -0.3 is 10.4 Å². The van der Waals surface area contributed by atoms with Crippen molar-refractivity contribution in [2.45, 2.75) is 26.7 Å². The zero-order valence-corrected chi connectivity index (χ0v) is 12.8. The second-order valence-electron chi connectivity index (χ2n) is 4.80. The van der Waals surface area contributed by atoms with Crippen LogP contribution in [0, 0.1) is 6.92 Å². The predicted molar refractivity (Wildman–Crippen MR) is 84.2 cm³/mol. The maximum Gasteiger partial charge on any atom is 0.307 e. The highest BCUT2D eigenvalue weighted by Crippen LogP contribution is 2.23. The van der Waals surface area contributed by atoms with Crippen LogP contribution in [0.5, 0.6) is 0 Å². The molecular weight excluding hydrogens is 286 g/mol. The molecule has 0 radical (unpaired) electrons. The Morgan fingerprint density at radius 3 is 2.67 bits per heavy atom. The Kier molecular flexibility index (Phi) is 4.75. The van der Waals surface area contributed by atoms with E-state index in [0.717, 1.165) is 12.0 Å². The van der Waals surface area contributed by atoms with Gasteiger partial charge in [0.1, 0.15) is 0 Å². The minimum atomic E-state index is -0.889. The molecule has 1 heterocycles. The van der Waals surface area contributed by atoms with Gasteiger partial charge in [0.25, 0.3) is 5.91 Å². The molecule has 5 heteroatoms. The molecule has 0 atom stereocenters. The molecule has 1 aromatic carbocycles. The lowest BCUT2D eigenvalue weighted by Crippen LogP contribution is -2.10. The molecule has 0 saturated heterocycles. The molecule has 0 fully saturated rings. The van der Waals surface area contributed by atoms with Crippen molar-refractivity contribution < 1.29 is 14.7 Å². The first-order valence-electron chi connectivity index (χ1n) is 6.71. The summed E-state index contributed by atoms with van der Waals surface area (Å²) in [6.45, 7) is 4.06. The van der Waals surface area contributed by atoms with Crippen LogP contribution in [-0.2, 0) is 17.6 Å². The van der Waals surface area contributed by atoms with Crippen LogP contribution in [-0.4, -0.2) is 17.0 Å². The van der Waals surface area contributed by atoms with Gasteiger partial charge in [-0.15, -0.1) is 11.3 Å². The summed E-state index contributed by atoms with van der Waals surface area (Å²) in [6.07, 6.45) is 0.861. The third kappa shape index (κ3) is 3.92. The summed E-state index contributed by atoms with van der Waals surface area (Å²) in [5.41, 5.74) is 2.41. The quantitative estimate of drug-likeness (QED) is 0.888. The highest BCUT2D eigenvalue weighted by molar-refractivity contribution is 7.14. The van der Waals surface area contributed by atoms with Gasteiger partial charge in [-0.3, -0.25) is 9.59 Å². The number of rotatable bonds is 5. The second kappa shape index (κ2) is 6.54. The molecule has 2 aromatic rings. The molecule has 21 heavy (non-hydrogen) atoms. The first-order chi connectivity index (χ1) is 9.99. The Morgan fingerprint density at radius 2 is 2.05 bits per heavy atom. The van der Waals surface area contributed by atoms with Crippen molar-refractivity contribution in [2.75, 3.05) is 5.32 Å². The van der Waals surface area contributed by atoms with E-state index < -0.39 is 5.97 Å². The molecule has 4 nitrogen and oxygen atoms in total. The van der Waals surface area contributed by atoms with Gasteiger partial charge in [0, 0.05) is 10.6 Å². The molecule has 2 rings (SSSR count). The lowest BCUT2D eigenvalue weighted by atomic mass is 10.1. The average molecular weight is 303 g/mol. The number of carbonyl (C=O) groups excluding carboxylic acids is 1. The molecular formula is C16H17NO3S. The number of aliphatic carboxylic acids is 1. The summed E-state index contributed by atoms with van der Waals surface area (Å²) in [7, 11) is 0. The normalized spacial score (nSPS) is 10.4. The van der Waals surface area contributed by atoms with Crippen molar-refractivity contribution in [3.8, 4) is 0 Å². The highest BCUT2D eigenvalue weighted by Gasteiger charge is 2.12. The molecule has 0 aliphatic carbocycles. The monoisotopic (exact) mass is 303 g/mol. The van der Waals surface area contributed by atoms with Crippen LogP contribution in [0.4, 0.5) is 5.69 Å². The lowest BCUT2D eigenvalue weighted by Gasteiger charge is -2.05. The molecule has 1 aromatic heterocycles. The number of hydrogen-bond acceptors (Lipinski definition) is 3. The van der Waals surface area contributed by atoms with Crippen molar-refractivity contribution >= 4 is 28.9 Å².